The van der Waals surface area contributed by atoms with Crippen LogP contribution in [0.4, 0.5) is 0 Å². The molecule has 5 rings (SSSR count). The molecule has 1 fully saturated rings. The van der Waals surface area contributed by atoms with Gasteiger partial charge < -0.3 is 10.5 Å². The van der Waals surface area contributed by atoms with Crippen LogP contribution in [0.1, 0.15) is 62.1 Å². The molecule has 39 heavy (non-hydrogen) atoms. The first-order valence-corrected chi connectivity index (χ1v) is 16.3. The van der Waals surface area contributed by atoms with Crippen LogP contribution in [0.3, 0.4) is 0 Å². The summed E-state index contributed by atoms with van der Waals surface area (Å²) in [6.45, 7) is 0.358. The molecule has 3 aromatic rings. The average Bonchev–Trinajstić information content (AvgIpc) is 3.13. The van der Waals surface area contributed by atoms with Crippen molar-refractivity contribution in [2.75, 3.05) is 6.26 Å². The number of rotatable bonds is 9. The minimum absolute atomic E-state index is 0.0272. The molecule has 2 aliphatic rings. The zero-order valence-electron chi connectivity index (χ0n) is 22.2. The van der Waals surface area contributed by atoms with Crippen molar-refractivity contribution in [3.63, 3.8) is 0 Å². The summed E-state index contributed by atoms with van der Waals surface area (Å²) in [7, 11) is -3.61. The van der Waals surface area contributed by atoms with E-state index in [0.29, 0.717) is 18.2 Å². The second-order valence-electron chi connectivity index (χ2n) is 10.5. The molecule has 1 aliphatic carbocycles. The number of primary amides is 1. The molecule has 206 valence electrons. The van der Waals surface area contributed by atoms with E-state index in [1.165, 1.54) is 35.2 Å². The van der Waals surface area contributed by atoms with Gasteiger partial charge in [0.2, 0.25) is 15.9 Å². The van der Waals surface area contributed by atoms with Gasteiger partial charge in [-0.3, -0.25) is 9.10 Å². The fourth-order valence-corrected chi connectivity index (χ4v) is 8.85. The monoisotopic (exact) mass is 565 g/mol. The van der Waals surface area contributed by atoms with Crippen LogP contribution in [0.15, 0.2) is 71.8 Å². The number of hydrogen-bond acceptors (Lipinski definition) is 6. The first-order valence-electron chi connectivity index (χ1n) is 13.5. The van der Waals surface area contributed by atoms with Crippen molar-refractivity contribution in [1.29, 1.82) is 0 Å². The first kappa shape index (κ1) is 27.5. The van der Waals surface area contributed by atoms with Crippen molar-refractivity contribution in [2.24, 2.45) is 11.7 Å². The van der Waals surface area contributed by atoms with E-state index in [2.05, 4.69) is 23.2 Å². The van der Waals surface area contributed by atoms with Gasteiger partial charge in [0.25, 0.3) is 0 Å². The minimum atomic E-state index is -3.61. The summed E-state index contributed by atoms with van der Waals surface area (Å²) < 4.78 is 33.4. The maximum absolute atomic E-state index is 13.0. The van der Waals surface area contributed by atoms with Crippen LogP contribution < -0.4 is 10.5 Å². The summed E-state index contributed by atoms with van der Waals surface area (Å²) in [6, 6.07) is 20.1. The Hall–Kier alpha value is -3.04. The molecule has 2 N–H and O–H groups in total. The van der Waals surface area contributed by atoms with Crippen LogP contribution in [0.25, 0.3) is 10.9 Å². The zero-order chi connectivity index (χ0) is 27.4. The van der Waals surface area contributed by atoms with Crippen molar-refractivity contribution in [1.82, 2.24) is 9.29 Å². The number of nitrogens with zero attached hydrogens (tertiary/aromatic N) is 2. The molecule has 2 heterocycles. The second-order valence-corrected chi connectivity index (χ2v) is 13.3. The Balaban J connectivity index is 1.38. The third kappa shape index (κ3) is 6.58. The van der Waals surface area contributed by atoms with Gasteiger partial charge >= 0.3 is 0 Å². The van der Waals surface area contributed by atoms with Crippen LogP contribution in [-0.2, 0) is 21.4 Å². The number of sulfonamides is 1. The normalized spacial score (nSPS) is 19.5. The highest BCUT2D eigenvalue weighted by Crippen LogP contribution is 2.48. The lowest BCUT2D eigenvalue weighted by atomic mass is 9.81. The Morgan fingerprint density at radius 1 is 1.05 bits per heavy atom. The number of amides is 1. The van der Waals surface area contributed by atoms with E-state index in [1.807, 2.05) is 42.5 Å². The van der Waals surface area contributed by atoms with Crippen LogP contribution in [0.5, 0.6) is 5.75 Å². The number of carbonyl (C=O) groups is 1. The molecule has 0 bridgehead atoms. The predicted octanol–water partition coefficient (Wildman–Crippen LogP) is 5.92. The third-order valence-corrected chi connectivity index (χ3v) is 10.1. The molecule has 0 saturated heterocycles. The van der Waals surface area contributed by atoms with Gasteiger partial charge in [-0.15, -0.1) is 11.8 Å². The summed E-state index contributed by atoms with van der Waals surface area (Å²) in [4.78, 5) is 16.4. The van der Waals surface area contributed by atoms with Gasteiger partial charge in [-0.1, -0.05) is 62.1 Å². The topological polar surface area (TPSA) is 103 Å². The number of para-hydroxylation sites is 1. The highest BCUT2D eigenvalue weighted by Gasteiger charge is 2.42. The number of nitrogens with two attached hydrogens (primary N) is 1. The van der Waals surface area contributed by atoms with Gasteiger partial charge in [0.05, 0.1) is 23.9 Å². The van der Waals surface area contributed by atoms with E-state index in [9.17, 15) is 13.2 Å². The lowest BCUT2D eigenvalue weighted by Gasteiger charge is -2.37. The number of pyridine rings is 1. The van der Waals surface area contributed by atoms with Crippen molar-refractivity contribution < 1.29 is 17.9 Å². The van der Waals surface area contributed by atoms with E-state index < -0.39 is 15.9 Å². The summed E-state index contributed by atoms with van der Waals surface area (Å²) in [6.07, 6.45) is 7.91. The summed E-state index contributed by atoms with van der Waals surface area (Å²) in [5.74, 6) is 0.509. The standard InChI is InChI=1S/C30H35N3O4S2/c1-39(35,36)33-25(18-28(31)34)20-38-30(33)29(22-9-4-2-3-5-10-22)23-13-16-26(17-14-23)37-19-24-15-12-21-8-6-7-11-27(21)32-24/h6-8,11-17,20,22,29-30H,2-5,9-10,18-19H2,1H3,(H2,31,34). The lowest BCUT2D eigenvalue weighted by molar-refractivity contribution is -0.117. The van der Waals surface area contributed by atoms with Crippen molar-refractivity contribution in [2.45, 2.75) is 62.8 Å². The fraction of sp³-hybridized carbons (Fsp3) is 0.400. The third-order valence-electron chi connectivity index (χ3n) is 7.59. The summed E-state index contributed by atoms with van der Waals surface area (Å²) in [5.41, 5.74) is 8.79. The van der Waals surface area contributed by atoms with E-state index in [-0.39, 0.29) is 17.7 Å². The highest BCUT2D eigenvalue weighted by molar-refractivity contribution is 8.03. The van der Waals surface area contributed by atoms with E-state index in [1.54, 1.807) is 5.41 Å². The van der Waals surface area contributed by atoms with Gasteiger partial charge in [-0.25, -0.2) is 13.4 Å². The largest absolute Gasteiger partial charge is 0.487 e. The molecule has 1 saturated carbocycles. The van der Waals surface area contributed by atoms with E-state index >= 15 is 0 Å². The molecule has 0 radical (unpaired) electrons. The van der Waals surface area contributed by atoms with E-state index in [0.717, 1.165) is 53.6 Å². The molecule has 2 atom stereocenters. The van der Waals surface area contributed by atoms with Crippen molar-refractivity contribution in [3.8, 4) is 5.75 Å². The Labute approximate surface area is 234 Å². The molecule has 0 spiro atoms. The quantitative estimate of drug-likeness (QED) is 0.323. The van der Waals surface area contributed by atoms with Crippen LogP contribution >= 0.6 is 11.8 Å². The Morgan fingerprint density at radius 2 is 1.77 bits per heavy atom. The Bertz CT molecular complexity index is 1450. The van der Waals surface area contributed by atoms with Gasteiger partial charge in [0.15, 0.2) is 0 Å². The van der Waals surface area contributed by atoms with Gasteiger partial charge in [-0.05, 0) is 54.0 Å². The molecular formula is C30H35N3O4S2. The molecule has 2 aromatic carbocycles. The molecule has 1 amide bonds. The number of ether oxygens (including phenoxy) is 1. The Morgan fingerprint density at radius 3 is 2.46 bits per heavy atom. The van der Waals surface area contributed by atoms with Gasteiger partial charge in [-0.2, -0.15) is 0 Å². The molecule has 2 unspecified atom stereocenters. The number of benzene rings is 2. The second kappa shape index (κ2) is 12.0. The fourth-order valence-electron chi connectivity index (χ4n) is 5.82. The number of thioether (sulfide) groups is 1. The maximum Gasteiger partial charge on any atom is 0.233 e. The lowest BCUT2D eigenvalue weighted by Crippen LogP contribution is -2.40. The van der Waals surface area contributed by atoms with Crippen molar-refractivity contribution >= 4 is 38.6 Å². The Kier molecular flexibility index (Phi) is 8.47. The minimum Gasteiger partial charge on any atom is -0.487 e. The SMILES string of the molecule is CS(=O)(=O)N1C(CC(N)=O)=CSC1C(c1ccc(OCc2ccc3ccccc3n2)cc1)C1CCCCCC1. The van der Waals surface area contributed by atoms with Crippen LogP contribution in [0.2, 0.25) is 0 Å². The number of carbonyl (C=O) groups excluding carboxylic acids is 1. The van der Waals surface area contributed by atoms with Gasteiger partial charge in [0, 0.05) is 17.0 Å². The van der Waals surface area contributed by atoms with Gasteiger partial charge in [0.1, 0.15) is 17.7 Å². The smallest absolute Gasteiger partial charge is 0.233 e. The molecular weight excluding hydrogens is 530 g/mol. The highest BCUT2D eigenvalue weighted by atomic mass is 32.2. The predicted molar refractivity (Wildman–Crippen MR) is 156 cm³/mol. The zero-order valence-corrected chi connectivity index (χ0v) is 23.8. The maximum atomic E-state index is 13.0. The molecule has 1 aliphatic heterocycles. The average molecular weight is 566 g/mol. The molecule has 9 heteroatoms. The van der Waals surface area contributed by atoms with E-state index in [4.69, 9.17) is 10.5 Å². The number of fused-ring (bicyclic) bond motifs is 1. The van der Waals surface area contributed by atoms with Crippen LogP contribution in [-0.4, -0.2) is 35.2 Å². The van der Waals surface area contributed by atoms with Crippen molar-refractivity contribution in [3.05, 3.63) is 83.0 Å². The first-order chi connectivity index (χ1) is 18.8. The summed E-state index contributed by atoms with van der Waals surface area (Å²) in [5, 5.41) is 2.54. The molecule has 7 nitrogen and oxygen atoms in total. The number of aromatic nitrogens is 1. The van der Waals surface area contributed by atoms with Crippen LogP contribution in [0, 0.1) is 5.92 Å². The molecule has 1 aromatic heterocycles. The number of hydrogen-bond donors (Lipinski definition) is 1. The summed E-state index contributed by atoms with van der Waals surface area (Å²) >= 11 is 1.48.